The van der Waals surface area contributed by atoms with Gasteiger partial charge in [0.25, 0.3) is 0 Å². The molecule has 1 aliphatic rings. The summed E-state index contributed by atoms with van der Waals surface area (Å²) in [5, 5.41) is 9.35. The lowest BCUT2D eigenvalue weighted by molar-refractivity contribution is 0.136. The maximum atomic E-state index is 9.35. The van der Waals surface area contributed by atoms with Gasteiger partial charge in [0.05, 0.1) is 6.10 Å². The van der Waals surface area contributed by atoms with Gasteiger partial charge < -0.3 is 10.0 Å². The molecule has 0 amide bonds. The van der Waals surface area contributed by atoms with E-state index in [1.165, 1.54) is 5.57 Å². The Morgan fingerprint density at radius 3 is 3.10 bits per heavy atom. The zero-order chi connectivity index (χ0) is 7.56. The molecule has 0 bridgehead atoms. The van der Waals surface area contributed by atoms with E-state index in [9.17, 15) is 5.11 Å². The third kappa shape index (κ3) is 2.12. The molecular weight excluding hydrogens is 126 g/mol. The van der Waals surface area contributed by atoms with Gasteiger partial charge in [0, 0.05) is 13.1 Å². The summed E-state index contributed by atoms with van der Waals surface area (Å²) in [6, 6.07) is 0. The van der Waals surface area contributed by atoms with E-state index in [1.807, 2.05) is 7.05 Å². The van der Waals surface area contributed by atoms with Crippen molar-refractivity contribution in [2.75, 3.05) is 20.1 Å². The van der Waals surface area contributed by atoms with Crippen LogP contribution in [0.5, 0.6) is 0 Å². The molecule has 0 aromatic rings. The monoisotopic (exact) mass is 141 g/mol. The molecule has 10 heavy (non-hydrogen) atoms. The number of hydrogen-bond acceptors (Lipinski definition) is 2. The van der Waals surface area contributed by atoms with Crippen LogP contribution < -0.4 is 0 Å². The first-order chi connectivity index (χ1) is 4.68. The van der Waals surface area contributed by atoms with E-state index in [0.717, 1.165) is 19.5 Å². The van der Waals surface area contributed by atoms with Crippen molar-refractivity contribution in [3.8, 4) is 0 Å². The number of rotatable bonds is 0. The summed E-state index contributed by atoms with van der Waals surface area (Å²) in [6.45, 7) is 3.85. The number of aliphatic hydroxyl groups is 1. The number of β-amino-alcohol motifs (C(OH)–C–C–N with tert-alkyl or cyclic N) is 1. The summed E-state index contributed by atoms with van der Waals surface area (Å²) in [6.07, 6.45) is 2.85. The van der Waals surface area contributed by atoms with E-state index in [4.69, 9.17) is 0 Å². The normalized spacial score (nSPS) is 29.5. The number of likely N-dealkylation sites (N-methyl/N-ethyl adjacent to an activating group) is 1. The molecule has 0 aromatic heterocycles. The second-order valence-electron chi connectivity index (χ2n) is 3.13. The Hall–Kier alpha value is -0.340. The van der Waals surface area contributed by atoms with Crippen molar-refractivity contribution < 1.29 is 5.11 Å². The zero-order valence-corrected chi connectivity index (χ0v) is 6.67. The summed E-state index contributed by atoms with van der Waals surface area (Å²) in [4.78, 5) is 2.13. The third-order valence-corrected chi connectivity index (χ3v) is 1.83. The molecule has 2 nitrogen and oxygen atoms in total. The first-order valence-corrected chi connectivity index (χ1v) is 3.70. The first kappa shape index (κ1) is 7.76. The van der Waals surface area contributed by atoms with Crippen LogP contribution in [0.15, 0.2) is 11.6 Å². The summed E-state index contributed by atoms with van der Waals surface area (Å²) in [5.74, 6) is 0. The molecule has 1 rings (SSSR count). The van der Waals surface area contributed by atoms with Crippen LogP contribution in [0.25, 0.3) is 0 Å². The van der Waals surface area contributed by atoms with E-state index in [2.05, 4.69) is 17.9 Å². The van der Waals surface area contributed by atoms with E-state index in [-0.39, 0.29) is 6.10 Å². The topological polar surface area (TPSA) is 23.5 Å². The van der Waals surface area contributed by atoms with Crippen LogP contribution in [0.3, 0.4) is 0 Å². The lowest BCUT2D eigenvalue weighted by Crippen LogP contribution is -2.27. The highest BCUT2D eigenvalue weighted by molar-refractivity contribution is 5.03. The van der Waals surface area contributed by atoms with Crippen LogP contribution in [0.4, 0.5) is 0 Å². The van der Waals surface area contributed by atoms with Crippen molar-refractivity contribution in [2.45, 2.75) is 19.4 Å². The minimum absolute atomic E-state index is 0.163. The van der Waals surface area contributed by atoms with Crippen molar-refractivity contribution in [3.63, 3.8) is 0 Å². The quantitative estimate of drug-likeness (QED) is 0.500. The highest BCUT2D eigenvalue weighted by Gasteiger charge is 2.11. The molecule has 0 spiro atoms. The van der Waals surface area contributed by atoms with E-state index >= 15 is 0 Å². The largest absolute Gasteiger partial charge is 0.391 e. The number of nitrogens with zero attached hydrogens (tertiary/aromatic N) is 1. The molecule has 0 aromatic carbocycles. The van der Waals surface area contributed by atoms with Gasteiger partial charge in [-0.15, -0.1) is 0 Å². The smallest absolute Gasteiger partial charge is 0.0704 e. The van der Waals surface area contributed by atoms with Crippen molar-refractivity contribution in [3.05, 3.63) is 11.6 Å². The van der Waals surface area contributed by atoms with Crippen molar-refractivity contribution >= 4 is 0 Å². The minimum atomic E-state index is -0.163. The van der Waals surface area contributed by atoms with Crippen molar-refractivity contribution in [1.29, 1.82) is 0 Å². The fraction of sp³-hybridized carbons (Fsp3) is 0.750. The summed E-state index contributed by atoms with van der Waals surface area (Å²) >= 11 is 0. The Morgan fingerprint density at radius 1 is 1.70 bits per heavy atom. The van der Waals surface area contributed by atoms with Gasteiger partial charge in [-0.05, 0) is 20.4 Å². The second kappa shape index (κ2) is 3.17. The van der Waals surface area contributed by atoms with Gasteiger partial charge in [0.1, 0.15) is 0 Å². The van der Waals surface area contributed by atoms with Crippen molar-refractivity contribution in [1.82, 2.24) is 4.90 Å². The maximum Gasteiger partial charge on any atom is 0.0704 e. The lowest BCUT2D eigenvalue weighted by atomic mass is 10.1. The Bertz CT molecular complexity index is 142. The van der Waals surface area contributed by atoms with Gasteiger partial charge in [-0.2, -0.15) is 0 Å². The van der Waals surface area contributed by atoms with E-state index in [0.29, 0.717) is 0 Å². The van der Waals surface area contributed by atoms with Gasteiger partial charge in [0.2, 0.25) is 0 Å². The predicted molar refractivity (Wildman–Crippen MR) is 41.9 cm³/mol. The molecule has 0 fully saturated rings. The van der Waals surface area contributed by atoms with Crippen LogP contribution in [0.1, 0.15) is 13.3 Å². The molecule has 2 heteroatoms. The molecule has 0 aliphatic carbocycles. The Labute approximate surface area is 62.2 Å². The summed E-state index contributed by atoms with van der Waals surface area (Å²) in [7, 11) is 2.03. The lowest BCUT2D eigenvalue weighted by Gasteiger charge is -2.14. The molecule has 1 heterocycles. The third-order valence-electron chi connectivity index (χ3n) is 1.83. The standard InChI is InChI=1S/C8H15NO/c1-7-3-4-9(2)6-8(10)5-7/h3,8,10H,4-6H2,1-2H3/t8-/m1/s1. The maximum absolute atomic E-state index is 9.35. The van der Waals surface area contributed by atoms with Crippen LogP contribution in [0.2, 0.25) is 0 Å². The molecule has 0 saturated heterocycles. The highest BCUT2D eigenvalue weighted by atomic mass is 16.3. The molecule has 1 atom stereocenters. The van der Waals surface area contributed by atoms with Crippen LogP contribution in [0, 0.1) is 0 Å². The number of hydrogen-bond donors (Lipinski definition) is 1. The minimum Gasteiger partial charge on any atom is -0.391 e. The van der Waals surface area contributed by atoms with E-state index in [1.54, 1.807) is 0 Å². The second-order valence-corrected chi connectivity index (χ2v) is 3.13. The summed E-state index contributed by atoms with van der Waals surface area (Å²) in [5.41, 5.74) is 1.30. The van der Waals surface area contributed by atoms with Gasteiger partial charge in [-0.3, -0.25) is 0 Å². The van der Waals surface area contributed by atoms with Crippen LogP contribution in [-0.4, -0.2) is 36.2 Å². The SMILES string of the molecule is CC1=CCN(C)C[C@H](O)C1. The zero-order valence-electron chi connectivity index (χ0n) is 6.67. The first-order valence-electron chi connectivity index (χ1n) is 3.70. The Kier molecular flexibility index (Phi) is 2.46. The van der Waals surface area contributed by atoms with Gasteiger partial charge >= 0.3 is 0 Å². The molecule has 58 valence electrons. The van der Waals surface area contributed by atoms with E-state index < -0.39 is 0 Å². The summed E-state index contributed by atoms with van der Waals surface area (Å²) < 4.78 is 0. The fourth-order valence-corrected chi connectivity index (χ4v) is 1.27. The highest BCUT2D eigenvalue weighted by Crippen LogP contribution is 2.09. The Morgan fingerprint density at radius 2 is 2.40 bits per heavy atom. The molecule has 0 radical (unpaired) electrons. The van der Waals surface area contributed by atoms with Crippen LogP contribution >= 0.6 is 0 Å². The van der Waals surface area contributed by atoms with Gasteiger partial charge in [-0.1, -0.05) is 11.6 Å². The molecule has 1 aliphatic heterocycles. The van der Waals surface area contributed by atoms with Crippen LogP contribution in [-0.2, 0) is 0 Å². The van der Waals surface area contributed by atoms with Crippen molar-refractivity contribution in [2.24, 2.45) is 0 Å². The fourth-order valence-electron chi connectivity index (χ4n) is 1.27. The number of aliphatic hydroxyl groups excluding tert-OH is 1. The Balaban J connectivity index is 2.53. The molecular formula is C8H15NO. The van der Waals surface area contributed by atoms with Gasteiger partial charge in [-0.25, -0.2) is 0 Å². The molecule has 0 saturated carbocycles. The average Bonchev–Trinajstić information content (AvgIpc) is 1.93. The molecule has 0 unspecified atom stereocenters. The van der Waals surface area contributed by atoms with Gasteiger partial charge in [0.15, 0.2) is 0 Å². The average molecular weight is 141 g/mol. The predicted octanol–water partition coefficient (Wildman–Crippen LogP) is 0.629. The molecule has 1 N–H and O–H groups in total.